The highest BCUT2D eigenvalue weighted by Crippen LogP contribution is 2.39. The van der Waals surface area contributed by atoms with Crippen LogP contribution in [0.15, 0.2) is 78.8 Å². The van der Waals surface area contributed by atoms with Gasteiger partial charge in [0.15, 0.2) is 0 Å². The Hall–Kier alpha value is -1.78. The molecule has 0 fully saturated rings. The van der Waals surface area contributed by atoms with Crippen molar-refractivity contribution in [3.63, 3.8) is 0 Å². The van der Waals surface area contributed by atoms with Gasteiger partial charge in [0.25, 0.3) is 0 Å². The predicted molar refractivity (Wildman–Crippen MR) is 78.2 cm³/mol. The van der Waals surface area contributed by atoms with Gasteiger partial charge in [-0.25, -0.2) is 0 Å². The summed E-state index contributed by atoms with van der Waals surface area (Å²) in [6.45, 7) is 3.88. The van der Waals surface area contributed by atoms with Gasteiger partial charge in [0.1, 0.15) is 0 Å². The Kier molecular flexibility index (Phi) is 4.18. The van der Waals surface area contributed by atoms with E-state index in [2.05, 4.69) is 66.7 Å². The highest BCUT2D eigenvalue weighted by molar-refractivity contribution is 7.55. The van der Waals surface area contributed by atoms with Gasteiger partial charge in [0.2, 0.25) is 0 Å². The largest absolute Gasteiger partial charge is 0.0984 e. The maximum Gasteiger partial charge on any atom is 0.00504 e. The van der Waals surface area contributed by atoms with E-state index in [0.29, 0.717) is 0 Å². The van der Waals surface area contributed by atoms with Crippen LogP contribution in [0.2, 0.25) is 0 Å². The van der Waals surface area contributed by atoms with Gasteiger partial charge >= 0.3 is 0 Å². The molecular weight excluding hydrogens is 223 g/mol. The average molecular weight is 238 g/mol. The third-order valence-electron chi connectivity index (χ3n) is 2.48. The van der Waals surface area contributed by atoms with E-state index in [9.17, 15) is 0 Å². The Balaban J connectivity index is 2.61. The fourth-order valence-electron chi connectivity index (χ4n) is 1.65. The molecule has 0 N–H and O–H groups in total. The van der Waals surface area contributed by atoms with Crippen molar-refractivity contribution in [2.75, 3.05) is 0 Å². The fraction of sp³-hybridized carbons (Fsp3) is 0. The Labute approximate surface area is 104 Å². The average Bonchev–Trinajstić information content (AvgIpc) is 2.52. The minimum atomic E-state index is -0.389. The molecule has 1 heterocycles. The first-order chi connectivity index (χ1) is 8.42. The van der Waals surface area contributed by atoms with Gasteiger partial charge in [-0.1, -0.05) is 80.9 Å². The second-order valence-corrected chi connectivity index (χ2v) is 5.52. The fourth-order valence-corrected chi connectivity index (χ4v) is 3.36. The summed E-state index contributed by atoms with van der Waals surface area (Å²) >= 11 is 0. The van der Waals surface area contributed by atoms with E-state index in [1.165, 1.54) is 10.9 Å². The topological polar surface area (TPSA) is 0 Å². The first-order valence-corrected chi connectivity index (χ1v) is 7.08. The third-order valence-corrected chi connectivity index (χ3v) is 4.43. The molecule has 0 bridgehead atoms. The van der Waals surface area contributed by atoms with Crippen LogP contribution in [0.3, 0.4) is 0 Å². The molecule has 2 aromatic rings. The lowest BCUT2D eigenvalue weighted by Crippen LogP contribution is -1.73. The van der Waals surface area contributed by atoms with Crippen LogP contribution in [-0.4, -0.2) is 0 Å². The molecule has 0 radical (unpaired) electrons. The lowest BCUT2D eigenvalue weighted by atomic mass is 10.2. The standard InChI is InChI=1S/C16H15P/c1-2-15-11-7-8-12-16(15)17-13-9-5-3-4-6-10-14-17/h2-14H,1H2. The predicted octanol–water partition coefficient (Wildman–Crippen LogP) is 5.43. The Bertz CT molecular complexity index is 527. The van der Waals surface area contributed by atoms with Crippen molar-refractivity contribution in [3.8, 4) is 5.30 Å². The lowest BCUT2D eigenvalue weighted by molar-refractivity contribution is 1.71. The molecule has 17 heavy (non-hydrogen) atoms. The van der Waals surface area contributed by atoms with Crippen LogP contribution in [0.4, 0.5) is 0 Å². The van der Waals surface area contributed by atoms with Crippen molar-refractivity contribution in [2.45, 2.75) is 0 Å². The van der Waals surface area contributed by atoms with Gasteiger partial charge in [0.05, 0.1) is 0 Å². The molecule has 2 rings (SSSR count). The number of hydrogen-bond acceptors (Lipinski definition) is 0. The summed E-state index contributed by atoms with van der Waals surface area (Å²) in [6.07, 6.45) is 1.93. The minimum Gasteiger partial charge on any atom is -0.0984 e. The molecule has 1 heteroatoms. The molecule has 0 amide bonds. The summed E-state index contributed by atoms with van der Waals surface area (Å²) in [5, 5.41) is 1.36. The van der Waals surface area contributed by atoms with E-state index in [4.69, 9.17) is 0 Å². The van der Waals surface area contributed by atoms with Gasteiger partial charge < -0.3 is 0 Å². The second-order valence-electron chi connectivity index (χ2n) is 3.62. The van der Waals surface area contributed by atoms with Gasteiger partial charge in [-0.05, 0) is 17.2 Å². The molecule has 1 aromatic carbocycles. The summed E-state index contributed by atoms with van der Waals surface area (Å²) in [5.74, 6) is 4.52. The van der Waals surface area contributed by atoms with Crippen molar-refractivity contribution in [1.82, 2.24) is 0 Å². The molecule has 0 saturated carbocycles. The summed E-state index contributed by atoms with van der Waals surface area (Å²) in [6, 6.07) is 20.9. The second kappa shape index (κ2) is 6.08. The van der Waals surface area contributed by atoms with Crippen LogP contribution >= 0.6 is 7.53 Å². The van der Waals surface area contributed by atoms with Crippen molar-refractivity contribution in [1.29, 1.82) is 0 Å². The van der Waals surface area contributed by atoms with Crippen molar-refractivity contribution >= 4 is 13.6 Å². The normalized spacial score (nSPS) is 9.41. The maximum absolute atomic E-state index is 3.88. The minimum absolute atomic E-state index is 0.389. The maximum atomic E-state index is 3.88. The van der Waals surface area contributed by atoms with E-state index in [1.807, 2.05) is 18.2 Å². The van der Waals surface area contributed by atoms with Gasteiger partial charge in [-0.2, -0.15) is 0 Å². The monoisotopic (exact) mass is 238 g/mol. The van der Waals surface area contributed by atoms with Crippen molar-refractivity contribution in [2.24, 2.45) is 0 Å². The van der Waals surface area contributed by atoms with Crippen LogP contribution in [0.5, 0.6) is 0 Å². The van der Waals surface area contributed by atoms with Gasteiger partial charge in [-0.3, -0.25) is 0 Å². The first kappa shape index (κ1) is 11.7. The molecule has 0 aliphatic heterocycles. The van der Waals surface area contributed by atoms with Crippen LogP contribution in [0.1, 0.15) is 5.56 Å². The molecule has 0 nitrogen and oxygen atoms in total. The summed E-state index contributed by atoms with van der Waals surface area (Å²) < 4.78 is 0. The van der Waals surface area contributed by atoms with E-state index in [-0.39, 0.29) is 7.53 Å². The van der Waals surface area contributed by atoms with Crippen LogP contribution in [0, 0.1) is 0 Å². The van der Waals surface area contributed by atoms with E-state index in [1.54, 1.807) is 0 Å². The SMILES string of the molecule is C=Cc1ccccc1-p1cccccccc1. The lowest BCUT2D eigenvalue weighted by Gasteiger charge is -2.04. The molecule has 0 saturated heterocycles. The smallest absolute Gasteiger partial charge is 0.00504 e. The zero-order valence-electron chi connectivity index (χ0n) is 9.66. The molecular formula is C16H15P. The summed E-state index contributed by atoms with van der Waals surface area (Å²) in [4.78, 5) is 0. The number of hydrogen-bond donors (Lipinski definition) is 0. The van der Waals surface area contributed by atoms with E-state index < -0.39 is 0 Å². The van der Waals surface area contributed by atoms with Gasteiger partial charge in [0, 0.05) is 5.30 Å². The van der Waals surface area contributed by atoms with Crippen molar-refractivity contribution < 1.29 is 0 Å². The Morgan fingerprint density at radius 2 is 1.35 bits per heavy atom. The molecule has 0 atom stereocenters. The van der Waals surface area contributed by atoms with Crippen molar-refractivity contribution in [3.05, 3.63) is 84.4 Å². The first-order valence-electron chi connectivity index (χ1n) is 5.60. The molecule has 0 spiro atoms. The third kappa shape index (κ3) is 3.09. The Morgan fingerprint density at radius 1 is 0.765 bits per heavy atom. The zero-order valence-corrected chi connectivity index (χ0v) is 10.6. The van der Waals surface area contributed by atoms with E-state index >= 15 is 0 Å². The van der Waals surface area contributed by atoms with Gasteiger partial charge in [-0.15, -0.1) is 0 Å². The molecule has 0 aliphatic carbocycles. The number of benzene rings is 1. The molecule has 0 unspecified atom stereocenters. The summed E-state index contributed by atoms with van der Waals surface area (Å²) in [7, 11) is -0.389. The van der Waals surface area contributed by atoms with E-state index in [0.717, 1.165) is 0 Å². The summed E-state index contributed by atoms with van der Waals surface area (Å²) in [5.41, 5.74) is 1.22. The van der Waals surface area contributed by atoms with Crippen LogP contribution in [-0.2, 0) is 0 Å². The molecule has 0 aliphatic rings. The molecule has 1 aromatic heterocycles. The number of rotatable bonds is 2. The highest BCUT2D eigenvalue weighted by Gasteiger charge is 1.98. The zero-order chi connectivity index (χ0) is 11.9. The molecule has 84 valence electrons. The highest BCUT2D eigenvalue weighted by atomic mass is 31.1. The Morgan fingerprint density at radius 3 is 2.00 bits per heavy atom. The quantitative estimate of drug-likeness (QED) is 0.654. The van der Waals surface area contributed by atoms with Crippen LogP contribution < -0.4 is 0 Å². The van der Waals surface area contributed by atoms with Crippen LogP contribution in [0.25, 0.3) is 11.4 Å².